The predicted octanol–water partition coefficient (Wildman–Crippen LogP) is -1.84. The number of amides is 4. The Labute approximate surface area is 183 Å². The fraction of sp³-hybridized carbons (Fsp3) is 0.450. The summed E-state index contributed by atoms with van der Waals surface area (Å²) in [6.07, 6.45) is -1.39. The summed E-state index contributed by atoms with van der Waals surface area (Å²) in [5.74, 6) is -4.04. The van der Waals surface area contributed by atoms with E-state index in [1.54, 1.807) is 19.1 Å². The maximum absolute atomic E-state index is 12.7. The molecule has 2 rings (SSSR count). The standard InChI is InChI=1S/C20H26N4O8/c1-2-3-12(23-20(31)16-15(32-16)19(30)22-9-14(26)27)18(29)24-13(17(21)28)8-10-4-6-11(25)7-5-10/h4-7,12-13,15-16,25H,2-3,8-9H2,1H3,(H2,21,28)(H,22,30)(H,23,31)(H,24,29)(H,26,27)/t12-,13-,15+,16?/m0/s1. The van der Waals surface area contributed by atoms with Crippen LogP contribution in [0.4, 0.5) is 0 Å². The number of benzene rings is 1. The third-order valence-electron chi connectivity index (χ3n) is 4.67. The summed E-state index contributed by atoms with van der Waals surface area (Å²) in [6.45, 7) is 1.19. The third kappa shape index (κ3) is 7.23. The fourth-order valence-corrected chi connectivity index (χ4v) is 2.95. The fourth-order valence-electron chi connectivity index (χ4n) is 2.95. The molecule has 0 spiro atoms. The Balaban J connectivity index is 1.95. The number of hydrogen-bond acceptors (Lipinski definition) is 7. The van der Waals surface area contributed by atoms with Crippen molar-refractivity contribution in [3.8, 4) is 5.75 Å². The molecule has 0 aromatic heterocycles. The van der Waals surface area contributed by atoms with Crippen LogP contribution in [0.1, 0.15) is 25.3 Å². The van der Waals surface area contributed by atoms with Crippen molar-refractivity contribution in [2.75, 3.05) is 6.54 Å². The zero-order valence-electron chi connectivity index (χ0n) is 17.4. The maximum Gasteiger partial charge on any atom is 0.322 e. The van der Waals surface area contributed by atoms with Crippen LogP contribution in [0, 0.1) is 0 Å². The number of aromatic hydroxyl groups is 1. The Morgan fingerprint density at radius 2 is 1.66 bits per heavy atom. The largest absolute Gasteiger partial charge is 0.508 e. The van der Waals surface area contributed by atoms with Crippen molar-refractivity contribution in [2.45, 2.75) is 50.5 Å². The summed E-state index contributed by atoms with van der Waals surface area (Å²) < 4.78 is 5.00. The smallest absolute Gasteiger partial charge is 0.322 e. The van der Waals surface area contributed by atoms with Gasteiger partial charge in [0.15, 0.2) is 12.2 Å². The molecule has 12 nitrogen and oxygen atoms in total. The first kappa shape index (κ1) is 24.6. The molecule has 0 bridgehead atoms. The van der Waals surface area contributed by atoms with Crippen LogP contribution >= 0.6 is 0 Å². The van der Waals surface area contributed by atoms with Gasteiger partial charge in [-0.25, -0.2) is 0 Å². The average Bonchev–Trinajstić information content (AvgIpc) is 3.53. The topological polar surface area (TPSA) is 200 Å². The molecule has 0 radical (unpaired) electrons. The van der Waals surface area contributed by atoms with E-state index in [4.69, 9.17) is 15.6 Å². The maximum atomic E-state index is 12.7. The lowest BCUT2D eigenvalue weighted by Gasteiger charge is -2.21. The van der Waals surface area contributed by atoms with Crippen LogP contribution < -0.4 is 21.7 Å². The summed E-state index contributed by atoms with van der Waals surface area (Å²) in [5.41, 5.74) is 6.06. The van der Waals surface area contributed by atoms with Gasteiger partial charge in [-0.1, -0.05) is 25.5 Å². The highest BCUT2D eigenvalue weighted by molar-refractivity contribution is 5.98. The van der Waals surface area contributed by atoms with Gasteiger partial charge in [0.05, 0.1) is 0 Å². The van der Waals surface area contributed by atoms with Crippen LogP contribution in [0.25, 0.3) is 0 Å². The molecule has 1 aliphatic rings. The monoisotopic (exact) mass is 450 g/mol. The van der Waals surface area contributed by atoms with Gasteiger partial charge in [0.2, 0.25) is 11.8 Å². The van der Waals surface area contributed by atoms with E-state index in [0.29, 0.717) is 12.0 Å². The second-order valence-corrected chi connectivity index (χ2v) is 7.27. The number of nitrogens with one attached hydrogen (secondary N) is 3. The van der Waals surface area contributed by atoms with Crippen LogP contribution in [0.15, 0.2) is 24.3 Å². The first-order valence-corrected chi connectivity index (χ1v) is 9.95. The highest BCUT2D eigenvalue weighted by Gasteiger charge is 2.51. The van der Waals surface area contributed by atoms with E-state index in [1.807, 2.05) is 0 Å². The van der Waals surface area contributed by atoms with Crippen LogP contribution in [0.3, 0.4) is 0 Å². The van der Waals surface area contributed by atoms with Gasteiger partial charge in [-0.15, -0.1) is 0 Å². The summed E-state index contributed by atoms with van der Waals surface area (Å²) in [7, 11) is 0. The molecular weight excluding hydrogens is 424 g/mol. The third-order valence-corrected chi connectivity index (χ3v) is 4.67. The van der Waals surface area contributed by atoms with Crippen molar-refractivity contribution in [1.82, 2.24) is 16.0 Å². The van der Waals surface area contributed by atoms with Gasteiger partial charge in [0, 0.05) is 6.42 Å². The SMILES string of the molecule is CCC[C@H](NC(=O)C1O[C@H]1C(=O)NCC(=O)O)C(=O)N[C@@H](Cc1ccc(O)cc1)C(N)=O. The van der Waals surface area contributed by atoms with Crippen LogP contribution in [-0.4, -0.2) is 70.6 Å². The van der Waals surface area contributed by atoms with E-state index in [9.17, 15) is 29.1 Å². The van der Waals surface area contributed by atoms with Gasteiger partial charge >= 0.3 is 5.97 Å². The molecule has 1 saturated heterocycles. The van der Waals surface area contributed by atoms with Crippen LogP contribution in [0.2, 0.25) is 0 Å². The van der Waals surface area contributed by atoms with Crippen molar-refractivity contribution in [3.63, 3.8) is 0 Å². The number of rotatable bonds is 12. The van der Waals surface area contributed by atoms with Gasteiger partial charge in [-0.05, 0) is 24.1 Å². The predicted molar refractivity (Wildman–Crippen MR) is 109 cm³/mol. The Morgan fingerprint density at radius 1 is 1.03 bits per heavy atom. The zero-order chi connectivity index (χ0) is 23.8. The molecule has 1 aliphatic heterocycles. The van der Waals surface area contributed by atoms with E-state index < -0.39 is 60.4 Å². The number of carboxylic acids is 1. The summed E-state index contributed by atoms with van der Waals surface area (Å²) in [4.78, 5) is 59.1. The lowest BCUT2D eigenvalue weighted by molar-refractivity contribution is -0.138. The first-order valence-electron chi connectivity index (χ1n) is 9.95. The van der Waals surface area contributed by atoms with E-state index in [1.165, 1.54) is 12.1 Å². The summed E-state index contributed by atoms with van der Waals surface area (Å²) in [5, 5.41) is 25.0. The molecule has 1 unspecified atom stereocenters. The lowest BCUT2D eigenvalue weighted by Crippen LogP contribution is -2.54. The number of carboxylic acid groups (broad SMARTS) is 1. The van der Waals surface area contributed by atoms with E-state index in [-0.39, 0.29) is 18.6 Å². The molecule has 32 heavy (non-hydrogen) atoms. The van der Waals surface area contributed by atoms with Gasteiger partial charge in [-0.2, -0.15) is 0 Å². The number of carbonyl (C=O) groups excluding carboxylic acids is 4. The van der Waals surface area contributed by atoms with Crippen LogP contribution in [-0.2, 0) is 35.1 Å². The van der Waals surface area contributed by atoms with Gasteiger partial charge in [-0.3, -0.25) is 24.0 Å². The van der Waals surface area contributed by atoms with Crippen molar-refractivity contribution in [2.24, 2.45) is 5.73 Å². The lowest BCUT2D eigenvalue weighted by atomic mass is 10.0. The number of epoxide rings is 1. The number of hydrogen-bond donors (Lipinski definition) is 6. The van der Waals surface area contributed by atoms with Crippen molar-refractivity contribution >= 4 is 29.6 Å². The normalized spacial score (nSPS) is 18.7. The minimum Gasteiger partial charge on any atom is -0.508 e. The second-order valence-electron chi connectivity index (χ2n) is 7.27. The zero-order valence-corrected chi connectivity index (χ0v) is 17.4. The molecular formula is C20H26N4O8. The number of phenolic OH excluding ortho intramolecular Hbond substituents is 1. The Bertz CT molecular complexity index is 873. The molecule has 4 amide bonds. The molecule has 1 aromatic carbocycles. The van der Waals surface area contributed by atoms with Gasteiger partial charge < -0.3 is 36.6 Å². The second kappa shape index (κ2) is 11.1. The minimum absolute atomic E-state index is 0.0522. The highest BCUT2D eigenvalue weighted by atomic mass is 16.6. The van der Waals surface area contributed by atoms with Crippen molar-refractivity contribution in [3.05, 3.63) is 29.8 Å². The minimum atomic E-state index is -1.24. The molecule has 174 valence electrons. The van der Waals surface area contributed by atoms with Gasteiger partial charge in [0.1, 0.15) is 24.4 Å². The van der Waals surface area contributed by atoms with E-state index >= 15 is 0 Å². The molecule has 1 heterocycles. The van der Waals surface area contributed by atoms with E-state index in [2.05, 4.69) is 16.0 Å². The Morgan fingerprint density at radius 3 is 2.22 bits per heavy atom. The van der Waals surface area contributed by atoms with Crippen molar-refractivity contribution in [1.29, 1.82) is 0 Å². The molecule has 4 atom stereocenters. The molecule has 1 fully saturated rings. The van der Waals surface area contributed by atoms with Gasteiger partial charge in [0.25, 0.3) is 11.8 Å². The number of aliphatic carboxylic acids is 1. The number of primary amides is 1. The first-order chi connectivity index (χ1) is 15.1. The molecule has 1 aromatic rings. The molecule has 7 N–H and O–H groups in total. The van der Waals surface area contributed by atoms with E-state index in [0.717, 1.165) is 0 Å². The number of ether oxygens (including phenoxy) is 1. The molecule has 12 heteroatoms. The number of nitrogens with two attached hydrogens (primary N) is 1. The summed E-state index contributed by atoms with van der Waals surface area (Å²) >= 11 is 0. The van der Waals surface area contributed by atoms with Crippen LogP contribution in [0.5, 0.6) is 5.75 Å². The van der Waals surface area contributed by atoms with Crippen molar-refractivity contribution < 1.29 is 38.9 Å². The quantitative estimate of drug-likeness (QED) is 0.199. The molecule has 0 aliphatic carbocycles. The number of phenols is 1. The Hall–Kier alpha value is -3.67. The number of carbonyl (C=O) groups is 5. The summed E-state index contributed by atoms with van der Waals surface area (Å²) in [6, 6.07) is 4.00. The highest BCUT2D eigenvalue weighted by Crippen LogP contribution is 2.22. The molecule has 0 saturated carbocycles. The average molecular weight is 450 g/mol. The Kier molecular flexibility index (Phi) is 8.53.